The van der Waals surface area contributed by atoms with Gasteiger partial charge in [0, 0.05) is 18.5 Å². The number of Topliss-reactive ketones (excluding diaryl/α,β-unsaturated/α-hetero) is 1. The van der Waals surface area contributed by atoms with Gasteiger partial charge < -0.3 is 4.74 Å². The lowest BCUT2D eigenvalue weighted by molar-refractivity contribution is 0.0474. The van der Waals surface area contributed by atoms with Gasteiger partial charge in [0.05, 0.1) is 16.5 Å². The van der Waals surface area contributed by atoms with Gasteiger partial charge in [0.2, 0.25) is 5.78 Å². The number of ketones is 1. The van der Waals surface area contributed by atoms with Crippen molar-refractivity contribution in [2.75, 3.05) is 6.61 Å². The Morgan fingerprint density at radius 1 is 1.14 bits per heavy atom. The molecule has 0 atom stereocenters. The molecular formula is C22H20N2O4. The SMILES string of the molecule is Cc1ccc(C)c(C(=O)COC(=O)c2ccc3c(=O)n4c(nc3c2)CCC4)c1. The molecule has 0 fully saturated rings. The van der Waals surface area contributed by atoms with E-state index in [2.05, 4.69) is 4.98 Å². The minimum absolute atomic E-state index is 0.0810. The second-order valence-electron chi connectivity index (χ2n) is 7.14. The molecule has 3 aromatic rings. The average Bonchev–Trinajstić information content (AvgIpc) is 3.16. The van der Waals surface area contributed by atoms with Crippen LogP contribution in [-0.4, -0.2) is 27.9 Å². The molecule has 6 heteroatoms. The molecule has 0 spiro atoms. The van der Waals surface area contributed by atoms with Crippen molar-refractivity contribution in [3.63, 3.8) is 0 Å². The Balaban J connectivity index is 1.54. The van der Waals surface area contributed by atoms with Crippen LogP contribution in [0.25, 0.3) is 10.9 Å². The Bertz CT molecular complexity index is 1180. The molecule has 4 rings (SSSR count). The van der Waals surface area contributed by atoms with Crippen LogP contribution in [0.2, 0.25) is 0 Å². The highest BCUT2D eigenvalue weighted by atomic mass is 16.5. The average molecular weight is 376 g/mol. The van der Waals surface area contributed by atoms with Gasteiger partial charge in [-0.25, -0.2) is 9.78 Å². The number of rotatable bonds is 4. The molecule has 0 saturated heterocycles. The molecule has 0 N–H and O–H groups in total. The summed E-state index contributed by atoms with van der Waals surface area (Å²) in [6.07, 6.45) is 1.65. The molecule has 2 heterocycles. The lowest BCUT2D eigenvalue weighted by Gasteiger charge is -2.09. The quantitative estimate of drug-likeness (QED) is 0.517. The number of carbonyl (C=O) groups excluding carboxylic acids is 2. The maximum atomic E-state index is 12.5. The third-order valence-electron chi connectivity index (χ3n) is 5.08. The van der Waals surface area contributed by atoms with Crippen molar-refractivity contribution in [1.29, 1.82) is 0 Å². The second-order valence-corrected chi connectivity index (χ2v) is 7.14. The third-order valence-corrected chi connectivity index (χ3v) is 5.08. The van der Waals surface area contributed by atoms with Crippen LogP contribution in [-0.2, 0) is 17.7 Å². The summed E-state index contributed by atoms with van der Waals surface area (Å²) in [4.78, 5) is 41.8. The van der Waals surface area contributed by atoms with E-state index in [1.165, 1.54) is 6.07 Å². The van der Waals surface area contributed by atoms with Gasteiger partial charge in [0.25, 0.3) is 5.56 Å². The first kappa shape index (κ1) is 18.1. The number of aromatic nitrogens is 2. The van der Waals surface area contributed by atoms with E-state index in [1.807, 2.05) is 26.0 Å². The second kappa shape index (κ2) is 7.03. The van der Waals surface area contributed by atoms with Crippen molar-refractivity contribution < 1.29 is 14.3 Å². The number of nitrogens with zero attached hydrogens (tertiary/aromatic N) is 2. The predicted octanol–water partition coefficient (Wildman–Crippen LogP) is 3.00. The highest BCUT2D eigenvalue weighted by molar-refractivity contribution is 6.01. The summed E-state index contributed by atoms with van der Waals surface area (Å²) in [5.74, 6) is -0.111. The standard InChI is InChI=1S/C22H20N2O4/c1-13-5-6-14(2)17(10-13)19(25)12-28-22(27)15-7-8-16-18(11-15)23-20-4-3-9-24(20)21(16)26/h5-8,10-11H,3-4,9,12H2,1-2H3. The minimum atomic E-state index is -0.608. The van der Waals surface area contributed by atoms with Gasteiger partial charge in [-0.3, -0.25) is 14.2 Å². The zero-order valence-electron chi connectivity index (χ0n) is 15.8. The lowest BCUT2D eigenvalue weighted by Crippen LogP contribution is -2.21. The Morgan fingerprint density at radius 2 is 1.96 bits per heavy atom. The van der Waals surface area contributed by atoms with Crippen molar-refractivity contribution in [3.8, 4) is 0 Å². The van der Waals surface area contributed by atoms with Gasteiger partial charge in [-0.2, -0.15) is 0 Å². The molecule has 0 radical (unpaired) electrons. The third kappa shape index (κ3) is 3.22. The maximum Gasteiger partial charge on any atom is 0.338 e. The van der Waals surface area contributed by atoms with Gasteiger partial charge in [-0.05, 0) is 50.1 Å². The van der Waals surface area contributed by atoms with Crippen molar-refractivity contribution in [1.82, 2.24) is 9.55 Å². The predicted molar refractivity (Wildman–Crippen MR) is 105 cm³/mol. The first-order chi connectivity index (χ1) is 13.4. The van der Waals surface area contributed by atoms with E-state index in [1.54, 1.807) is 22.8 Å². The summed E-state index contributed by atoms with van der Waals surface area (Å²) in [6, 6.07) is 10.3. The van der Waals surface area contributed by atoms with Crippen LogP contribution in [0.1, 0.15) is 44.1 Å². The fraction of sp³-hybridized carbons (Fsp3) is 0.273. The van der Waals surface area contributed by atoms with Gasteiger partial charge in [-0.1, -0.05) is 17.7 Å². The summed E-state index contributed by atoms with van der Waals surface area (Å²) < 4.78 is 6.90. The highest BCUT2D eigenvalue weighted by Gasteiger charge is 2.18. The van der Waals surface area contributed by atoms with E-state index in [9.17, 15) is 14.4 Å². The van der Waals surface area contributed by atoms with Crippen LogP contribution in [0.5, 0.6) is 0 Å². The molecule has 6 nitrogen and oxygen atoms in total. The number of ether oxygens (including phenoxy) is 1. The topological polar surface area (TPSA) is 78.3 Å². The summed E-state index contributed by atoms with van der Waals surface area (Å²) in [5.41, 5.74) is 3.04. The van der Waals surface area contributed by atoms with Gasteiger partial charge >= 0.3 is 5.97 Å². The van der Waals surface area contributed by atoms with E-state index in [0.717, 1.165) is 29.8 Å². The number of hydrogen-bond donors (Lipinski definition) is 0. The molecule has 0 bridgehead atoms. The van der Waals surface area contributed by atoms with Gasteiger partial charge in [0.1, 0.15) is 5.82 Å². The molecule has 1 aromatic heterocycles. The number of hydrogen-bond acceptors (Lipinski definition) is 5. The fourth-order valence-corrected chi connectivity index (χ4v) is 3.54. The number of carbonyl (C=O) groups is 2. The van der Waals surface area contributed by atoms with Crippen molar-refractivity contribution in [2.24, 2.45) is 0 Å². The van der Waals surface area contributed by atoms with Crippen LogP contribution in [0.15, 0.2) is 41.2 Å². The monoisotopic (exact) mass is 376 g/mol. The highest BCUT2D eigenvalue weighted by Crippen LogP contribution is 2.17. The summed E-state index contributed by atoms with van der Waals surface area (Å²) in [5, 5.41) is 0.480. The number of aryl methyl sites for hydroxylation is 3. The Morgan fingerprint density at radius 3 is 2.79 bits per heavy atom. The maximum absolute atomic E-state index is 12.5. The molecule has 0 saturated carbocycles. The van der Waals surface area contributed by atoms with Crippen LogP contribution in [0.3, 0.4) is 0 Å². The number of fused-ring (bicyclic) bond motifs is 2. The Hall–Kier alpha value is -3.28. The minimum Gasteiger partial charge on any atom is -0.454 e. The van der Waals surface area contributed by atoms with E-state index in [4.69, 9.17) is 4.74 Å². The van der Waals surface area contributed by atoms with E-state index >= 15 is 0 Å². The molecule has 142 valence electrons. The van der Waals surface area contributed by atoms with E-state index in [0.29, 0.717) is 23.0 Å². The molecule has 1 aliphatic rings. The molecular weight excluding hydrogens is 356 g/mol. The Kier molecular flexibility index (Phi) is 4.55. The number of benzene rings is 2. The molecule has 0 aliphatic carbocycles. The first-order valence-electron chi connectivity index (χ1n) is 9.25. The van der Waals surface area contributed by atoms with E-state index < -0.39 is 5.97 Å². The normalized spacial score (nSPS) is 12.8. The van der Waals surface area contributed by atoms with Crippen LogP contribution in [0, 0.1) is 13.8 Å². The van der Waals surface area contributed by atoms with Crippen LogP contribution < -0.4 is 5.56 Å². The van der Waals surface area contributed by atoms with Crippen molar-refractivity contribution in [2.45, 2.75) is 33.2 Å². The molecule has 2 aromatic carbocycles. The molecule has 0 amide bonds. The first-order valence-corrected chi connectivity index (χ1v) is 9.25. The van der Waals surface area contributed by atoms with Gasteiger partial charge in [-0.15, -0.1) is 0 Å². The number of esters is 1. The Labute approximate surface area is 161 Å². The van der Waals surface area contributed by atoms with Crippen molar-refractivity contribution in [3.05, 3.63) is 74.8 Å². The summed E-state index contributed by atoms with van der Waals surface area (Å²) in [7, 11) is 0. The van der Waals surface area contributed by atoms with Gasteiger partial charge in [0.15, 0.2) is 6.61 Å². The smallest absolute Gasteiger partial charge is 0.338 e. The van der Waals surface area contributed by atoms with Crippen LogP contribution in [0.4, 0.5) is 0 Å². The zero-order valence-corrected chi connectivity index (χ0v) is 15.8. The van der Waals surface area contributed by atoms with E-state index in [-0.39, 0.29) is 23.5 Å². The fourth-order valence-electron chi connectivity index (χ4n) is 3.54. The lowest BCUT2D eigenvalue weighted by atomic mass is 10.0. The molecule has 1 aliphatic heterocycles. The molecule has 28 heavy (non-hydrogen) atoms. The van der Waals surface area contributed by atoms with Crippen molar-refractivity contribution >= 4 is 22.7 Å². The zero-order chi connectivity index (χ0) is 19.8. The largest absolute Gasteiger partial charge is 0.454 e. The summed E-state index contributed by atoms with van der Waals surface area (Å²) in [6.45, 7) is 4.10. The van der Waals surface area contributed by atoms with Crippen LogP contribution >= 0.6 is 0 Å². The summed E-state index contributed by atoms with van der Waals surface area (Å²) >= 11 is 0. The molecule has 0 unspecified atom stereocenters.